The quantitative estimate of drug-likeness (QED) is 0.828. The van der Waals surface area contributed by atoms with Crippen molar-refractivity contribution in [3.63, 3.8) is 0 Å². The van der Waals surface area contributed by atoms with Crippen molar-refractivity contribution in [2.75, 3.05) is 13.2 Å². The minimum atomic E-state index is -3.38. The molecule has 0 saturated carbocycles. The van der Waals surface area contributed by atoms with E-state index in [0.29, 0.717) is 0 Å². The van der Waals surface area contributed by atoms with E-state index in [1.54, 1.807) is 0 Å². The van der Waals surface area contributed by atoms with Gasteiger partial charge in [0, 0.05) is 6.20 Å². The molecule has 0 bridgehead atoms. The van der Waals surface area contributed by atoms with Crippen molar-refractivity contribution < 1.29 is 18.7 Å². The summed E-state index contributed by atoms with van der Waals surface area (Å²) in [5.74, 6) is -4.19. The molecule has 0 aliphatic rings. The Bertz CT molecular complexity index is 429. The first kappa shape index (κ1) is 14.1. The fourth-order valence-electron chi connectivity index (χ4n) is 0.948. The van der Waals surface area contributed by atoms with E-state index in [-0.39, 0.29) is 15.7 Å². The van der Waals surface area contributed by atoms with E-state index < -0.39 is 25.0 Å². The molecule has 94 valence electrons. The van der Waals surface area contributed by atoms with E-state index in [2.05, 4.69) is 4.98 Å². The van der Waals surface area contributed by atoms with Crippen LogP contribution >= 0.6 is 23.2 Å². The largest absolute Gasteiger partial charge is 0.390 e. The lowest BCUT2D eigenvalue weighted by molar-refractivity contribution is -0.0462. The average molecular weight is 285 g/mol. The molecule has 8 heteroatoms. The first-order valence-electron chi connectivity index (χ1n) is 4.43. The zero-order chi connectivity index (χ0) is 13.1. The molecule has 17 heavy (non-hydrogen) atoms. The summed E-state index contributed by atoms with van der Waals surface area (Å²) in [6, 6.07) is 1.16. The van der Waals surface area contributed by atoms with Gasteiger partial charge in [-0.15, -0.1) is 0 Å². The molecule has 0 unspecified atom stereocenters. The second kappa shape index (κ2) is 5.57. The number of nitrogens with zero attached hydrogens (tertiary/aromatic N) is 1. The van der Waals surface area contributed by atoms with Gasteiger partial charge in [-0.2, -0.15) is 0 Å². The number of hydrogen-bond acceptors (Lipinski definition) is 3. The number of carbonyl (C=O) groups is 1. The Hall–Kier alpha value is -0.980. The number of rotatable bonds is 4. The summed E-state index contributed by atoms with van der Waals surface area (Å²) in [5, 5.41) is 10.3. The number of aliphatic hydroxyl groups excluding tert-OH is 1. The number of nitrogens with one attached hydrogen (secondary N) is 1. The molecule has 0 aliphatic carbocycles. The fourth-order valence-corrected chi connectivity index (χ4v) is 1.29. The van der Waals surface area contributed by atoms with Crippen LogP contribution in [0.4, 0.5) is 8.78 Å². The third-order valence-electron chi connectivity index (χ3n) is 1.81. The van der Waals surface area contributed by atoms with Crippen molar-refractivity contribution >= 4 is 29.1 Å². The lowest BCUT2D eigenvalue weighted by Gasteiger charge is -2.14. The Balaban J connectivity index is 2.74. The molecule has 1 heterocycles. The zero-order valence-corrected chi connectivity index (χ0v) is 9.90. The Morgan fingerprint density at radius 1 is 1.53 bits per heavy atom. The molecule has 1 aromatic rings. The molecule has 0 radical (unpaired) electrons. The highest BCUT2D eigenvalue weighted by atomic mass is 35.5. The van der Waals surface area contributed by atoms with Crippen molar-refractivity contribution in [1.29, 1.82) is 0 Å². The number of pyridine rings is 1. The number of amides is 1. The maximum Gasteiger partial charge on any atom is 0.287 e. The predicted octanol–water partition coefficient (Wildman–Crippen LogP) is 1.75. The highest BCUT2D eigenvalue weighted by Crippen LogP contribution is 2.18. The van der Waals surface area contributed by atoms with E-state index >= 15 is 0 Å². The third-order valence-corrected chi connectivity index (χ3v) is 2.31. The normalized spacial score (nSPS) is 11.4. The molecule has 0 saturated heterocycles. The van der Waals surface area contributed by atoms with Crippen molar-refractivity contribution in [3.05, 3.63) is 28.0 Å². The van der Waals surface area contributed by atoms with E-state index in [9.17, 15) is 13.6 Å². The van der Waals surface area contributed by atoms with Gasteiger partial charge in [0.25, 0.3) is 11.8 Å². The highest BCUT2D eigenvalue weighted by Gasteiger charge is 2.28. The van der Waals surface area contributed by atoms with Crippen LogP contribution in [0.15, 0.2) is 12.3 Å². The zero-order valence-electron chi connectivity index (χ0n) is 8.38. The van der Waals surface area contributed by atoms with Crippen LogP contribution in [-0.2, 0) is 0 Å². The maximum atomic E-state index is 12.7. The summed E-state index contributed by atoms with van der Waals surface area (Å²) >= 11 is 11.2. The lowest BCUT2D eigenvalue weighted by Crippen LogP contribution is -2.39. The minimum Gasteiger partial charge on any atom is -0.390 e. The van der Waals surface area contributed by atoms with Gasteiger partial charge in [0.2, 0.25) is 0 Å². The number of halogens is 4. The van der Waals surface area contributed by atoms with Gasteiger partial charge in [0.15, 0.2) is 0 Å². The lowest BCUT2D eigenvalue weighted by atomic mass is 10.2. The second-order valence-electron chi connectivity index (χ2n) is 3.18. The molecule has 4 nitrogen and oxygen atoms in total. The minimum absolute atomic E-state index is 0.000727. The van der Waals surface area contributed by atoms with Crippen LogP contribution < -0.4 is 5.32 Å². The topological polar surface area (TPSA) is 62.2 Å². The summed E-state index contributed by atoms with van der Waals surface area (Å²) in [7, 11) is 0. The number of carbonyl (C=O) groups excluding carboxylic acids is 1. The van der Waals surface area contributed by atoms with E-state index in [4.69, 9.17) is 28.3 Å². The van der Waals surface area contributed by atoms with Crippen LogP contribution in [0.3, 0.4) is 0 Å². The first-order chi connectivity index (χ1) is 7.85. The molecular weight excluding hydrogens is 277 g/mol. The van der Waals surface area contributed by atoms with E-state index in [0.717, 1.165) is 12.3 Å². The average Bonchev–Trinajstić information content (AvgIpc) is 2.29. The van der Waals surface area contributed by atoms with Crippen LogP contribution in [0.1, 0.15) is 10.4 Å². The molecule has 0 aliphatic heterocycles. The molecule has 1 aromatic heterocycles. The van der Waals surface area contributed by atoms with Gasteiger partial charge in [-0.3, -0.25) is 4.79 Å². The Morgan fingerprint density at radius 2 is 2.18 bits per heavy atom. The van der Waals surface area contributed by atoms with Crippen LogP contribution in [0, 0.1) is 0 Å². The number of aliphatic hydroxyl groups is 1. The molecule has 0 atom stereocenters. The maximum absolute atomic E-state index is 12.7. The van der Waals surface area contributed by atoms with E-state index in [1.165, 1.54) is 0 Å². The second-order valence-corrected chi connectivity index (χ2v) is 3.98. The SMILES string of the molecule is O=C(NCC(F)(F)CO)c1cc(Cl)ncc1Cl. The van der Waals surface area contributed by atoms with Gasteiger partial charge >= 0.3 is 0 Å². The Kier molecular flexibility index (Phi) is 4.62. The highest BCUT2D eigenvalue weighted by molar-refractivity contribution is 6.35. The smallest absolute Gasteiger partial charge is 0.287 e. The molecule has 1 amide bonds. The molecule has 2 N–H and O–H groups in total. The molecular formula is C9H8Cl2F2N2O2. The molecule has 0 aromatic carbocycles. The van der Waals surface area contributed by atoms with Gasteiger partial charge in [0.05, 0.1) is 17.1 Å². The Morgan fingerprint density at radius 3 is 2.76 bits per heavy atom. The summed E-state index contributed by atoms with van der Waals surface area (Å²) in [6.07, 6.45) is 1.14. The van der Waals surface area contributed by atoms with Gasteiger partial charge in [-0.05, 0) is 6.07 Å². The predicted molar refractivity (Wildman–Crippen MR) is 58.6 cm³/mol. The number of hydrogen-bond donors (Lipinski definition) is 2. The molecule has 0 fully saturated rings. The number of alkyl halides is 2. The fraction of sp³-hybridized carbons (Fsp3) is 0.333. The van der Waals surface area contributed by atoms with Crippen molar-refractivity contribution in [2.24, 2.45) is 0 Å². The van der Waals surface area contributed by atoms with Crippen LogP contribution in [0.25, 0.3) is 0 Å². The molecule has 1 rings (SSSR count). The van der Waals surface area contributed by atoms with Crippen molar-refractivity contribution in [3.8, 4) is 0 Å². The first-order valence-corrected chi connectivity index (χ1v) is 5.19. The van der Waals surface area contributed by atoms with Crippen molar-refractivity contribution in [1.82, 2.24) is 10.3 Å². The summed E-state index contributed by atoms with van der Waals surface area (Å²) < 4.78 is 25.3. The third kappa shape index (κ3) is 4.07. The van der Waals surface area contributed by atoms with Gasteiger partial charge in [-0.1, -0.05) is 23.2 Å². The number of aromatic nitrogens is 1. The van der Waals surface area contributed by atoms with Gasteiger partial charge in [0.1, 0.15) is 11.8 Å². The standard InChI is InChI=1S/C9H8Cl2F2N2O2/c10-6-2-14-7(11)1-5(6)8(17)15-3-9(12,13)4-16/h1-2,16H,3-4H2,(H,15,17). The molecule has 0 spiro atoms. The van der Waals surface area contributed by atoms with Gasteiger partial charge in [-0.25, -0.2) is 13.8 Å². The van der Waals surface area contributed by atoms with Crippen LogP contribution in [0.5, 0.6) is 0 Å². The monoisotopic (exact) mass is 284 g/mol. The summed E-state index contributed by atoms with van der Waals surface area (Å²) in [6.45, 7) is -2.34. The van der Waals surface area contributed by atoms with E-state index in [1.807, 2.05) is 5.32 Å². The van der Waals surface area contributed by atoms with Crippen LogP contribution in [-0.4, -0.2) is 35.1 Å². The van der Waals surface area contributed by atoms with Crippen molar-refractivity contribution in [2.45, 2.75) is 5.92 Å². The summed E-state index contributed by atoms with van der Waals surface area (Å²) in [5.41, 5.74) is -0.0552. The Labute approximate surface area is 106 Å². The summed E-state index contributed by atoms with van der Waals surface area (Å²) in [4.78, 5) is 15.1. The van der Waals surface area contributed by atoms with Gasteiger partial charge < -0.3 is 10.4 Å². The van der Waals surface area contributed by atoms with Crippen LogP contribution in [0.2, 0.25) is 10.2 Å².